The van der Waals surface area contributed by atoms with Crippen LogP contribution in [0.1, 0.15) is 20.5 Å². The SMILES string of the molecule is COc1cc(C(=O)NC[C@H](c2cccs2)S(=O)(=O)c2ccc(F)cc2)cc(OC)c1OC. The quantitative estimate of drug-likeness (QED) is 0.469. The van der Waals surface area contributed by atoms with Crippen LogP contribution in [0.5, 0.6) is 17.2 Å². The lowest BCUT2D eigenvalue weighted by Gasteiger charge is -2.18. The Kier molecular flexibility index (Phi) is 7.37. The minimum absolute atomic E-state index is 0.0284. The van der Waals surface area contributed by atoms with E-state index in [9.17, 15) is 17.6 Å². The van der Waals surface area contributed by atoms with E-state index >= 15 is 0 Å². The topological polar surface area (TPSA) is 90.9 Å². The molecule has 1 amide bonds. The van der Waals surface area contributed by atoms with Crippen LogP contribution in [0.4, 0.5) is 4.39 Å². The van der Waals surface area contributed by atoms with Gasteiger partial charge in [0.15, 0.2) is 21.3 Å². The van der Waals surface area contributed by atoms with Crippen molar-refractivity contribution in [2.75, 3.05) is 27.9 Å². The average Bonchev–Trinajstić information content (AvgIpc) is 3.32. The molecule has 1 atom stereocenters. The number of methoxy groups -OCH3 is 3. The molecule has 0 spiro atoms. The van der Waals surface area contributed by atoms with E-state index in [1.54, 1.807) is 17.5 Å². The maximum Gasteiger partial charge on any atom is 0.251 e. The molecule has 7 nitrogen and oxygen atoms in total. The number of carbonyl (C=O) groups excluding carboxylic acids is 1. The van der Waals surface area contributed by atoms with Crippen molar-refractivity contribution in [1.29, 1.82) is 0 Å². The van der Waals surface area contributed by atoms with Crippen LogP contribution in [-0.4, -0.2) is 42.2 Å². The van der Waals surface area contributed by atoms with Gasteiger partial charge in [0.1, 0.15) is 11.1 Å². The summed E-state index contributed by atoms with van der Waals surface area (Å²) in [7, 11) is 0.418. The summed E-state index contributed by atoms with van der Waals surface area (Å²) in [6.07, 6.45) is 0. The van der Waals surface area contributed by atoms with E-state index < -0.39 is 26.8 Å². The van der Waals surface area contributed by atoms with E-state index in [2.05, 4.69) is 5.32 Å². The Morgan fingerprint density at radius 3 is 2.16 bits per heavy atom. The number of thiophene rings is 1. The Morgan fingerprint density at radius 2 is 1.66 bits per heavy atom. The van der Waals surface area contributed by atoms with E-state index in [4.69, 9.17) is 14.2 Å². The highest BCUT2D eigenvalue weighted by Crippen LogP contribution is 2.38. The number of hydrogen-bond acceptors (Lipinski definition) is 7. The van der Waals surface area contributed by atoms with Crippen LogP contribution in [0, 0.1) is 5.82 Å². The van der Waals surface area contributed by atoms with E-state index in [0.29, 0.717) is 22.1 Å². The summed E-state index contributed by atoms with van der Waals surface area (Å²) in [6.45, 7) is -0.185. The zero-order valence-electron chi connectivity index (χ0n) is 17.6. The van der Waals surface area contributed by atoms with Gasteiger partial charge < -0.3 is 19.5 Å². The van der Waals surface area contributed by atoms with Crippen LogP contribution in [-0.2, 0) is 9.84 Å². The molecule has 3 rings (SSSR count). The van der Waals surface area contributed by atoms with E-state index in [-0.39, 0.29) is 17.0 Å². The van der Waals surface area contributed by atoms with E-state index in [0.717, 1.165) is 12.1 Å². The largest absolute Gasteiger partial charge is 0.493 e. The number of ether oxygens (including phenoxy) is 3. The van der Waals surface area contributed by atoms with Gasteiger partial charge in [0.25, 0.3) is 5.91 Å². The van der Waals surface area contributed by atoms with Crippen molar-refractivity contribution in [3.63, 3.8) is 0 Å². The smallest absolute Gasteiger partial charge is 0.251 e. The van der Waals surface area contributed by atoms with Gasteiger partial charge in [0.05, 0.1) is 26.2 Å². The monoisotopic (exact) mass is 479 g/mol. The van der Waals surface area contributed by atoms with Crippen LogP contribution < -0.4 is 19.5 Å². The first-order chi connectivity index (χ1) is 15.3. The van der Waals surface area contributed by atoms with Crippen molar-refractivity contribution in [2.45, 2.75) is 10.1 Å². The lowest BCUT2D eigenvalue weighted by molar-refractivity contribution is 0.0953. The van der Waals surface area contributed by atoms with Gasteiger partial charge in [-0.05, 0) is 47.8 Å². The third kappa shape index (κ3) is 4.86. The fourth-order valence-electron chi connectivity index (χ4n) is 3.13. The van der Waals surface area contributed by atoms with Crippen molar-refractivity contribution >= 4 is 27.1 Å². The van der Waals surface area contributed by atoms with Crippen LogP contribution in [0.15, 0.2) is 58.8 Å². The highest BCUT2D eigenvalue weighted by molar-refractivity contribution is 7.91. The summed E-state index contributed by atoms with van der Waals surface area (Å²) in [5.74, 6) is -0.120. The molecule has 2 aromatic carbocycles. The first-order valence-electron chi connectivity index (χ1n) is 9.43. The molecule has 1 heterocycles. The highest BCUT2D eigenvalue weighted by Gasteiger charge is 2.31. The molecule has 0 radical (unpaired) electrons. The van der Waals surface area contributed by atoms with Crippen molar-refractivity contribution in [2.24, 2.45) is 0 Å². The Labute approximate surface area is 189 Å². The van der Waals surface area contributed by atoms with Gasteiger partial charge in [-0.3, -0.25) is 4.79 Å². The maximum absolute atomic E-state index is 13.3. The second kappa shape index (κ2) is 10.0. The summed E-state index contributed by atoms with van der Waals surface area (Å²) in [5.41, 5.74) is 0.212. The van der Waals surface area contributed by atoms with Gasteiger partial charge in [-0.15, -0.1) is 11.3 Å². The molecule has 1 N–H and O–H groups in total. The molecule has 10 heteroatoms. The van der Waals surface area contributed by atoms with Gasteiger partial charge in [-0.25, -0.2) is 12.8 Å². The fourth-order valence-corrected chi connectivity index (χ4v) is 5.91. The van der Waals surface area contributed by atoms with E-state index in [1.165, 1.54) is 56.9 Å². The number of rotatable bonds is 9. The minimum atomic E-state index is -3.90. The third-order valence-corrected chi connectivity index (χ3v) is 7.99. The molecular weight excluding hydrogens is 457 g/mol. The zero-order chi connectivity index (χ0) is 23.3. The first-order valence-corrected chi connectivity index (χ1v) is 11.9. The molecular formula is C22H22FNO6S2. The second-order valence-corrected chi connectivity index (χ2v) is 9.74. The summed E-state index contributed by atoms with van der Waals surface area (Å²) in [5, 5.41) is 3.39. The molecule has 0 fully saturated rings. The first kappa shape index (κ1) is 23.6. The van der Waals surface area contributed by atoms with Gasteiger partial charge in [-0.1, -0.05) is 6.07 Å². The van der Waals surface area contributed by atoms with Gasteiger partial charge in [0, 0.05) is 17.0 Å². The number of halogens is 1. The van der Waals surface area contributed by atoms with Crippen LogP contribution >= 0.6 is 11.3 Å². The minimum Gasteiger partial charge on any atom is -0.493 e. The normalized spacial score (nSPS) is 12.1. The number of amides is 1. The molecule has 0 unspecified atom stereocenters. The van der Waals surface area contributed by atoms with Crippen molar-refractivity contribution in [3.8, 4) is 17.2 Å². The lowest BCUT2D eigenvalue weighted by Crippen LogP contribution is -2.31. The van der Waals surface area contributed by atoms with Crippen LogP contribution in [0.2, 0.25) is 0 Å². The standard InChI is InChI=1S/C22H22FNO6S2/c1-28-17-11-14(12-18(29-2)21(17)30-3)22(25)24-13-20(19-5-4-10-31-19)32(26,27)16-8-6-15(23)7-9-16/h4-12,20H,13H2,1-3H3,(H,24,25)/t20-/m1/s1. The van der Waals surface area contributed by atoms with Crippen LogP contribution in [0.25, 0.3) is 0 Å². The van der Waals surface area contributed by atoms with Gasteiger partial charge in [0.2, 0.25) is 5.75 Å². The summed E-state index contributed by atoms with van der Waals surface area (Å²) in [6, 6.07) is 11.0. The molecule has 0 saturated heterocycles. The van der Waals surface area contributed by atoms with Gasteiger partial charge >= 0.3 is 0 Å². The molecule has 0 aliphatic heterocycles. The number of nitrogens with one attached hydrogen (secondary N) is 1. The Hall–Kier alpha value is -3.11. The third-order valence-electron chi connectivity index (χ3n) is 4.75. The molecule has 3 aromatic rings. The fraction of sp³-hybridized carbons (Fsp3) is 0.227. The summed E-state index contributed by atoms with van der Waals surface area (Å²) in [4.78, 5) is 13.4. The van der Waals surface area contributed by atoms with Crippen molar-refractivity contribution in [3.05, 3.63) is 70.2 Å². The maximum atomic E-state index is 13.3. The molecule has 0 aliphatic carbocycles. The van der Waals surface area contributed by atoms with Crippen molar-refractivity contribution in [1.82, 2.24) is 5.32 Å². The van der Waals surface area contributed by atoms with E-state index in [1.807, 2.05) is 0 Å². The number of sulfone groups is 1. The lowest BCUT2D eigenvalue weighted by atomic mass is 10.1. The second-order valence-electron chi connectivity index (χ2n) is 6.63. The Morgan fingerprint density at radius 1 is 1.03 bits per heavy atom. The number of hydrogen-bond donors (Lipinski definition) is 1. The zero-order valence-corrected chi connectivity index (χ0v) is 19.3. The number of benzene rings is 2. The van der Waals surface area contributed by atoms with Gasteiger partial charge in [-0.2, -0.15) is 0 Å². The Bertz CT molecular complexity index is 1150. The molecule has 170 valence electrons. The Balaban J connectivity index is 1.89. The van der Waals surface area contributed by atoms with Crippen molar-refractivity contribution < 1.29 is 31.8 Å². The highest BCUT2D eigenvalue weighted by atomic mass is 32.2. The summed E-state index contributed by atoms with van der Waals surface area (Å²) < 4.78 is 55.6. The predicted molar refractivity (Wildman–Crippen MR) is 119 cm³/mol. The average molecular weight is 480 g/mol. The molecule has 0 saturated carbocycles. The molecule has 0 bridgehead atoms. The molecule has 32 heavy (non-hydrogen) atoms. The summed E-state index contributed by atoms with van der Waals surface area (Å²) >= 11 is 1.26. The predicted octanol–water partition coefficient (Wildman–Crippen LogP) is 3.86. The number of carbonyl (C=O) groups is 1. The molecule has 1 aromatic heterocycles. The van der Waals surface area contributed by atoms with Crippen LogP contribution in [0.3, 0.4) is 0 Å². The molecule has 0 aliphatic rings.